The van der Waals surface area contributed by atoms with Crippen LogP contribution in [0.2, 0.25) is 0 Å². The first kappa shape index (κ1) is 20.3. The third-order valence-corrected chi connectivity index (χ3v) is 4.96. The summed E-state index contributed by atoms with van der Waals surface area (Å²) in [5.74, 6) is 0.955. The minimum atomic E-state index is -2.41. The molecular formula is C20H21F2N3O2S. The molecule has 8 heteroatoms. The van der Waals surface area contributed by atoms with Crippen molar-refractivity contribution in [1.29, 1.82) is 0 Å². The zero-order valence-corrected chi connectivity index (χ0v) is 16.2. The van der Waals surface area contributed by atoms with Crippen LogP contribution in [0.5, 0.6) is 5.75 Å². The average Bonchev–Trinajstić information content (AvgIpc) is 3.11. The van der Waals surface area contributed by atoms with E-state index in [1.54, 1.807) is 11.7 Å². The Balaban J connectivity index is 1.77. The summed E-state index contributed by atoms with van der Waals surface area (Å²) in [4.78, 5) is 0. The third kappa shape index (κ3) is 5.30. The van der Waals surface area contributed by atoms with Crippen molar-refractivity contribution in [3.63, 3.8) is 0 Å². The van der Waals surface area contributed by atoms with Gasteiger partial charge >= 0.3 is 0 Å². The predicted molar refractivity (Wildman–Crippen MR) is 105 cm³/mol. The number of halogens is 2. The topological polar surface area (TPSA) is 49.2 Å². The van der Waals surface area contributed by atoms with Gasteiger partial charge in [-0.15, -0.1) is 10.2 Å². The van der Waals surface area contributed by atoms with E-state index < -0.39 is 6.43 Å². The maximum Gasteiger partial charge on any atom is 0.248 e. The Bertz CT molecular complexity index is 875. The molecule has 0 unspecified atom stereocenters. The number of hydrogen-bond acceptors (Lipinski definition) is 5. The molecule has 0 N–H and O–H groups in total. The molecule has 0 spiro atoms. The number of para-hydroxylation sites is 1. The molecule has 0 fully saturated rings. The number of methoxy groups -OCH3 is 1. The molecule has 0 aliphatic carbocycles. The first-order valence-corrected chi connectivity index (χ1v) is 9.77. The standard InChI is InChI=1S/C20H21F2N3O2S/c1-26-12-11-25-19(23-24-20(25)28-14-18(21)22)13-27-17-10-6-5-9-16(17)15-7-3-2-4-8-15/h2-10,18H,11-14H2,1H3. The van der Waals surface area contributed by atoms with E-state index in [4.69, 9.17) is 9.47 Å². The van der Waals surface area contributed by atoms with Crippen molar-refractivity contribution in [1.82, 2.24) is 14.8 Å². The summed E-state index contributed by atoms with van der Waals surface area (Å²) in [5, 5.41) is 8.61. The summed E-state index contributed by atoms with van der Waals surface area (Å²) in [6, 6.07) is 17.7. The van der Waals surface area contributed by atoms with Gasteiger partial charge in [0.05, 0.1) is 12.4 Å². The van der Waals surface area contributed by atoms with Gasteiger partial charge in [-0.2, -0.15) is 0 Å². The summed E-state index contributed by atoms with van der Waals surface area (Å²) in [6.07, 6.45) is -2.41. The van der Waals surface area contributed by atoms with E-state index in [0.717, 1.165) is 28.6 Å². The Morgan fingerprint density at radius 3 is 2.54 bits per heavy atom. The van der Waals surface area contributed by atoms with Crippen molar-refractivity contribution < 1.29 is 18.3 Å². The van der Waals surface area contributed by atoms with Gasteiger partial charge in [0.15, 0.2) is 11.0 Å². The van der Waals surface area contributed by atoms with E-state index in [9.17, 15) is 8.78 Å². The molecular weight excluding hydrogens is 384 g/mol. The van der Waals surface area contributed by atoms with Gasteiger partial charge in [-0.1, -0.05) is 60.3 Å². The molecule has 0 aliphatic heterocycles. The molecule has 1 aromatic heterocycles. The lowest BCUT2D eigenvalue weighted by Gasteiger charge is -2.13. The van der Waals surface area contributed by atoms with Crippen molar-refractivity contribution in [2.24, 2.45) is 0 Å². The molecule has 148 valence electrons. The average molecular weight is 405 g/mol. The third-order valence-electron chi connectivity index (χ3n) is 3.98. The van der Waals surface area contributed by atoms with E-state index in [1.807, 2.05) is 54.6 Å². The van der Waals surface area contributed by atoms with Gasteiger partial charge in [-0.3, -0.25) is 0 Å². The van der Waals surface area contributed by atoms with Crippen LogP contribution in [0.3, 0.4) is 0 Å². The minimum absolute atomic E-state index is 0.176. The predicted octanol–water partition coefficient (Wildman–Crippen LogP) is 4.53. The fraction of sp³-hybridized carbons (Fsp3) is 0.300. The lowest BCUT2D eigenvalue weighted by molar-refractivity contribution is 0.176. The SMILES string of the molecule is COCCn1c(COc2ccccc2-c2ccccc2)nnc1SCC(F)F. The Kier molecular flexibility index (Phi) is 7.39. The van der Waals surface area contributed by atoms with Crippen molar-refractivity contribution in [3.8, 4) is 16.9 Å². The smallest absolute Gasteiger partial charge is 0.248 e. The maximum atomic E-state index is 12.6. The number of nitrogens with zero attached hydrogens (tertiary/aromatic N) is 3. The van der Waals surface area contributed by atoms with Crippen LogP contribution in [0, 0.1) is 0 Å². The molecule has 0 atom stereocenters. The quantitative estimate of drug-likeness (QED) is 0.464. The first-order chi connectivity index (χ1) is 13.7. The van der Waals surface area contributed by atoms with Crippen LogP contribution in [0.1, 0.15) is 5.82 Å². The van der Waals surface area contributed by atoms with Crippen LogP contribution in [0.25, 0.3) is 11.1 Å². The van der Waals surface area contributed by atoms with Gasteiger partial charge < -0.3 is 14.0 Å². The fourth-order valence-electron chi connectivity index (χ4n) is 2.67. The second kappa shape index (κ2) is 10.2. The Hall–Kier alpha value is -2.45. The van der Waals surface area contributed by atoms with Gasteiger partial charge in [0.1, 0.15) is 12.4 Å². The number of ether oxygens (including phenoxy) is 2. The summed E-state index contributed by atoms with van der Waals surface area (Å²) < 4.78 is 38.0. The highest BCUT2D eigenvalue weighted by Crippen LogP contribution is 2.30. The zero-order valence-electron chi connectivity index (χ0n) is 15.4. The van der Waals surface area contributed by atoms with E-state index in [0.29, 0.717) is 24.1 Å². The molecule has 3 rings (SSSR count). The number of alkyl halides is 2. The molecule has 0 radical (unpaired) electrons. The first-order valence-electron chi connectivity index (χ1n) is 8.78. The molecule has 0 saturated heterocycles. The second-order valence-corrected chi connectivity index (χ2v) is 6.88. The fourth-order valence-corrected chi connectivity index (χ4v) is 3.39. The lowest BCUT2D eigenvalue weighted by atomic mass is 10.1. The van der Waals surface area contributed by atoms with Crippen LogP contribution >= 0.6 is 11.8 Å². The van der Waals surface area contributed by atoms with Crippen molar-refractivity contribution >= 4 is 11.8 Å². The Labute approximate surface area is 166 Å². The van der Waals surface area contributed by atoms with E-state index >= 15 is 0 Å². The van der Waals surface area contributed by atoms with Gasteiger partial charge in [-0.25, -0.2) is 8.78 Å². The zero-order chi connectivity index (χ0) is 19.8. The van der Waals surface area contributed by atoms with Gasteiger partial charge in [0.25, 0.3) is 0 Å². The number of benzene rings is 2. The monoisotopic (exact) mass is 405 g/mol. The summed E-state index contributed by atoms with van der Waals surface area (Å²) in [6.45, 7) is 1.07. The van der Waals surface area contributed by atoms with Crippen LogP contribution in [0.4, 0.5) is 8.78 Å². The van der Waals surface area contributed by atoms with Crippen LogP contribution in [-0.2, 0) is 17.9 Å². The molecule has 0 bridgehead atoms. The van der Waals surface area contributed by atoms with Gasteiger partial charge in [0, 0.05) is 19.2 Å². The number of rotatable bonds is 10. The molecule has 5 nitrogen and oxygen atoms in total. The van der Waals surface area contributed by atoms with Crippen LogP contribution in [0.15, 0.2) is 59.8 Å². The van der Waals surface area contributed by atoms with Crippen LogP contribution < -0.4 is 4.74 Å². The molecule has 2 aromatic carbocycles. The highest BCUT2D eigenvalue weighted by molar-refractivity contribution is 7.99. The normalized spacial score (nSPS) is 11.1. The van der Waals surface area contributed by atoms with E-state index in [2.05, 4.69) is 10.2 Å². The minimum Gasteiger partial charge on any atom is -0.485 e. The summed E-state index contributed by atoms with van der Waals surface area (Å²) in [5.41, 5.74) is 2.02. The molecule has 1 heterocycles. The number of hydrogen-bond donors (Lipinski definition) is 0. The van der Waals surface area contributed by atoms with Crippen molar-refractivity contribution in [2.75, 3.05) is 19.5 Å². The highest BCUT2D eigenvalue weighted by atomic mass is 32.2. The number of aromatic nitrogens is 3. The summed E-state index contributed by atoms with van der Waals surface area (Å²) in [7, 11) is 1.59. The second-order valence-electron chi connectivity index (χ2n) is 5.90. The largest absolute Gasteiger partial charge is 0.485 e. The van der Waals surface area contributed by atoms with Gasteiger partial charge in [-0.05, 0) is 11.6 Å². The van der Waals surface area contributed by atoms with E-state index in [-0.39, 0.29) is 12.4 Å². The molecule has 0 amide bonds. The van der Waals surface area contributed by atoms with E-state index in [1.165, 1.54) is 0 Å². The van der Waals surface area contributed by atoms with Crippen LogP contribution in [-0.4, -0.2) is 40.7 Å². The molecule has 28 heavy (non-hydrogen) atoms. The molecule has 3 aromatic rings. The lowest BCUT2D eigenvalue weighted by Crippen LogP contribution is -2.12. The van der Waals surface area contributed by atoms with Gasteiger partial charge in [0.2, 0.25) is 6.43 Å². The van der Waals surface area contributed by atoms with Crippen molar-refractivity contribution in [3.05, 3.63) is 60.4 Å². The summed E-state index contributed by atoms with van der Waals surface area (Å²) >= 11 is 0.976. The maximum absolute atomic E-state index is 12.6. The molecule has 0 saturated carbocycles. The Morgan fingerprint density at radius 2 is 1.79 bits per heavy atom. The Morgan fingerprint density at radius 1 is 1.04 bits per heavy atom. The highest BCUT2D eigenvalue weighted by Gasteiger charge is 2.16. The molecule has 0 aliphatic rings. The number of thioether (sulfide) groups is 1. The van der Waals surface area contributed by atoms with Crippen molar-refractivity contribution in [2.45, 2.75) is 24.7 Å².